The Kier molecular flexibility index (Phi) is 4.92. The van der Waals surface area contributed by atoms with Crippen molar-refractivity contribution in [2.24, 2.45) is 0 Å². The average molecular weight is 386 g/mol. The molecule has 4 atom stereocenters. The number of aliphatic hydroxyl groups excluding tert-OH is 3. The van der Waals surface area contributed by atoms with E-state index in [0.29, 0.717) is 28.0 Å². The molecule has 6 nitrogen and oxygen atoms in total. The average Bonchev–Trinajstić information content (AvgIpc) is 3.07. The molecule has 0 unspecified atom stereocenters. The van der Waals surface area contributed by atoms with E-state index in [0.717, 1.165) is 0 Å². The number of ether oxygens (including phenoxy) is 1. The molecule has 140 valence electrons. The summed E-state index contributed by atoms with van der Waals surface area (Å²) in [5.41, 5.74) is 1.51. The number of aliphatic hydroxyl groups is 3. The van der Waals surface area contributed by atoms with E-state index in [1.807, 2.05) is 6.07 Å². The van der Waals surface area contributed by atoms with Crippen LogP contribution in [0, 0.1) is 0 Å². The number of ketones is 1. The minimum Gasteiger partial charge on any atom is -0.476 e. The third-order valence-corrected chi connectivity index (χ3v) is 5.84. The van der Waals surface area contributed by atoms with Crippen molar-refractivity contribution in [3.05, 3.63) is 66.1 Å². The Bertz CT molecular complexity index is 908. The highest BCUT2D eigenvalue weighted by Crippen LogP contribution is 2.41. The van der Waals surface area contributed by atoms with Crippen LogP contribution in [0.5, 0.6) is 5.75 Å². The van der Waals surface area contributed by atoms with Crippen molar-refractivity contribution >= 4 is 17.5 Å². The fraction of sp³-hybridized carbons (Fsp3) is 0.250. The van der Waals surface area contributed by atoms with E-state index in [4.69, 9.17) is 9.15 Å². The van der Waals surface area contributed by atoms with Gasteiger partial charge in [-0.25, -0.2) is 0 Å². The Labute approximate surface area is 159 Å². The first kappa shape index (κ1) is 18.1. The Hall–Kier alpha value is -2.32. The molecule has 0 saturated carbocycles. The Balaban J connectivity index is 1.67. The van der Waals surface area contributed by atoms with E-state index in [1.54, 1.807) is 36.4 Å². The van der Waals surface area contributed by atoms with Gasteiger partial charge < -0.3 is 24.5 Å². The summed E-state index contributed by atoms with van der Waals surface area (Å²) < 4.78 is 11.2. The molecule has 1 fully saturated rings. The summed E-state index contributed by atoms with van der Waals surface area (Å²) in [6, 6.07) is 12.2. The van der Waals surface area contributed by atoms with Crippen LogP contribution in [0.4, 0.5) is 0 Å². The lowest BCUT2D eigenvalue weighted by molar-refractivity contribution is -0.0784. The first-order chi connectivity index (χ1) is 13.1. The first-order valence-corrected chi connectivity index (χ1v) is 9.52. The molecule has 0 amide bonds. The van der Waals surface area contributed by atoms with E-state index >= 15 is 0 Å². The minimum atomic E-state index is -1.28. The van der Waals surface area contributed by atoms with E-state index in [9.17, 15) is 20.1 Å². The van der Waals surface area contributed by atoms with Gasteiger partial charge >= 0.3 is 0 Å². The Morgan fingerprint density at radius 1 is 1.07 bits per heavy atom. The van der Waals surface area contributed by atoms with Gasteiger partial charge in [0.1, 0.15) is 18.0 Å². The summed E-state index contributed by atoms with van der Waals surface area (Å²) in [6.45, 7) is 0. The van der Waals surface area contributed by atoms with Gasteiger partial charge in [-0.05, 0) is 12.1 Å². The molecular weight excluding hydrogens is 368 g/mol. The maximum absolute atomic E-state index is 12.9. The van der Waals surface area contributed by atoms with Gasteiger partial charge in [0.15, 0.2) is 11.2 Å². The molecule has 0 aromatic heterocycles. The number of hydrogen-bond donors (Lipinski definition) is 3. The highest BCUT2D eigenvalue weighted by Gasteiger charge is 2.39. The Morgan fingerprint density at radius 3 is 2.63 bits per heavy atom. The summed E-state index contributed by atoms with van der Waals surface area (Å²) in [7, 11) is 0. The molecule has 4 rings (SSSR count). The third kappa shape index (κ3) is 3.35. The first-order valence-electron chi connectivity index (χ1n) is 8.47. The third-order valence-electron chi connectivity index (χ3n) is 4.60. The molecule has 27 heavy (non-hydrogen) atoms. The molecule has 0 radical (unpaired) electrons. The van der Waals surface area contributed by atoms with E-state index in [2.05, 4.69) is 0 Å². The molecule has 1 saturated heterocycles. The number of carbonyl (C=O) groups excluding carboxylic acids is 1. The number of carbonyl (C=O) groups is 1. The van der Waals surface area contributed by atoms with Crippen LogP contribution in [0.1, 0.15) is 15.9 Å². The molecule has 0 bridgehead atoms. The lowest BCUT2D eigenvalue weighted by Crippen LogP contribution is -2.50. The zero-order valence-electron chi connectivity index (χ0n) is 14.2. The van der Waals surface area contributed by atoms with Crippen LogP contribution in [0.25, 0.3) is 11.1 Å². The zero-order chi connectivity index (χ0) is 19.0. The maximum Gasteiger partial charge on any atom is 0.193 e. The maximum atomic E-state index is 12.9. The molecular formula is C20H18O6S. The van der Waals surface area contributed by atoms with Crippen LogP contribution in [-0.4, -0.2) is 50.6 Å². The van der Waals surface area contributed by atoms with Crippen molar-refractivity contribution in [2.45, 2.75) is 23.7 Å². The van der Waals surface area contributed by atoms with Gasteiger partial charge in [-0.15, -0.1) is 11.8 Å². The monoisotopic (exact) mass is 386 g/mol. The summed E-state index contributed by atoms with van der Waals surface area (Å²) in [5.74, 6) is 0.497. The molecule has 3 aliphatic rings. The van der Waals surface area contributed by atoms with Gasteiger partial charge in [0, 0.05) is 28.0 Å². The van der Waals surface area contributed by atoms with Crippen molar-refractivity contribution in [1.29, 1.82) is 0 Å². The van der Waals surface area contributed by atoms with Crippen LogP contribution in [0.15, 0.2) is 59.4 Å². The second-order valence-corrected chi connectivity index (χ2v) is 7.50. The number of fused-ring (bicyclic) bond motifs is 1. The van der Waals surface area contributed by atoms with E-state index < -0.39 is 23.7 Å². The molecule has 3 N–H and O–H groups in total. The fourth-order valence-corrected chi connectivity index (χ4v) is 4.23. The van der Waals surface area contributed by atoms with Crippen LogP contribution in [0.2, 0.25) is 0 Å². The number of benzene rings is 1. The quantitative estimate of drug-likeness (QED) is 0.591. The summed E-state index contributed by atoms with van der Waals surface area (Å²) in [5, 5.41) is 29.7. The highest BCUT2D eigenvalue weighted by atomic mass is 32.2. The summed E-state index contributed by atoms with van der Waals surface area (Å²) in [6.07, 6.45) is -0.560. The van der Waals surface area contributed by atoms with Gasteiger partial charge in [-0.3, -0.25) is 4.79 Å². The largest absolute Gasteiger partial charge is 0.476 e. The van der Waals surface area contributed by atoms with E-state index in [-0.39, 0.29) is 11.5 Å². The second-order valence-electron chi connectivity index (χ2n) is 6.37. The molecule has 1 aromatic rings. The van der Waals surface area contributed by atoms with Gasteiger partial charge in [0.2, 0.25) is 0 Å². The highest BCUT2D eigenvalue weighted by molar-refractivity contribution is 7.99. The normalized spacial score (nSPS) is 25.4. The van der Waals surface area contributed by atoms with Gasteiger partial charge in [0.05, 0.1) is 18.6 Å². The standard InChI is InChI=1S/C20H18O6S/c21-15-10-27-20(19(24)18(15)23)26-16-8-13(14-9-25-7-6-12(14)16)17(22)11-4-2-1-3-5-11/h1-9,15,18-21,23-24H,10H2/t15-,18+,19-,20+/m1/s1. The van der Waals surface area contributed by atoms with Crippen molar-refractivity contribution in [3.8, 4) is 16.9 Å². The second kappa shape index (κ2) is 7.36. The smallest absolute Gasteiger partial charge is 0.193 e. The molecule has 2 heterocycles. The Morgan fingerprint density at radius 2 is 1.85 bits per heavy atom. The van der Waals surface area contributed by atoms with Crippen LogP contribution >= 0.6 is 11.8 Å². The molecule has 1 aliphatic carbocycles. The van der Waals surface area contributed by atoms with Crippen molar-refractivity contribution in [1.82, 2.24) is 0 Å². The molecule has 0 spiro atoms. The van der Waals surface area contributed by atoms with Crippen molar-refractivity contribution in [2.75, 3.05) is 5.75 Å². The predicted molar refractivity (Wildman–Crippen MR) is 100 cm³/mol. The van der Waals surface area contributed by atoms with Gasteiger partial charge in [-0.2, -0.15) is 0 Å². The molecule has 2 aliphatic heterocycles. The minimum absolute atomic E-state index is 0.163. The molecule has 1 aromatic carbocycles. The van der Waals surface area contributed by atoms with Gasteiger partial charge in [0.25, 0.3) is 0 Å². The molecule has 7 heteroatoms. The van der Waals surface area contributed by atoms with E-state index in [1.165, 1.54) is 24.3 Å². The predicted octanol–water partition coefficient (Wildman–Crippen LogP) is 2.15. The van der Waals surface area contributed by atoms with Gasteiger partial charge in [-0.1, -0.05) is 30.3 Å². The fourth-order valence-electron chi connectivity index (χ4n) is 3.12. The number of rotatable bonds is 4. The topological polar surface area (TPSA) is 100 Å². The van der Waals surface area contributed by atoms with Crippen LogP contribution < -0.4 is 4.74 Å². The van der Waals surface area contributed by atoms with Crippen molar-refractivity contribution < 1.29 is 29.3 Å². The lowest BCUT2D eigenvalue weighted by Gasteiger charge is -2.34. The number of thioether (sulfide) groups is 1. The van der Waals surface area contributed by atoms with Crippen molar-refractivity contribution in [3.63, 3.8) is 0 Å². The lowest BCUT2D eigenvalue weighted by atomic mass is 10.0. The summed E-state index contributed by atoms with van der Waals surface area (Å²) in [4.78, 5) is 12.9. The van der Waals surface area contributed by atoms with Crippen LogP contribution in [0.3, 0.4) is 0 Å². The van der Waals surface area contributed by atoms with Crippen LogP contribution in [-0.2, 0) is 0 Å². The SMILES string of the molecule is O=C(c1ccccc1)c1cc(O[C@H]2SC[C@@H](O)[C@H](O)[C@H]2O)c2ccocc1-2. The number of hydrogen-bond acceptors (Lipinski definition) is 7. The summed E-state index contributed by atoms with van der Waals surface area (Å²) >= 11 is 1.21. The zero-order valence-corrected chi connectivity index (χ0v) is 15.0.